The smallest absolute Gasteiger partial charge is 0.264 e. The number of nitrogens with one attached hydrogen (secondary N) is 1. The monoisotopic (exact) mass is 621 g/mol. The Balaban J connectivity index is 2.04. The number of benzene rings is 3. The summed E-state index contributed by atoms with van der Waals surface area (Å²) in [6.07, 6.45) is 0. The van der Waals surface area contributed by atoms with E-state index in [-0.39, 0.29) is 17.1 Å². The maximum Gasteiger partial charge on any atom is 0.264 e. The van der Waals surface area contributed by atoms with Crippen LogP contribution in [0, 0.1) is 0 Å². The van der Waals surface area contributed by atoms with Crippen molar-refractivity contribution in [1.82, 2.24) is 10.2 Å². The molecule has 0 aliphatic rings. The molecule has 202 valence electrons. The third-order valence-electron chi connectivity index (χ3n) is 5.83. The van der Waals surface area contributed by atoms with Crippen molar-refractivity contribution in [3.05, 3.63) is 87.9 Å². The molecule has 0 spiro atoms. The van der Waals surface area contributed by atoms with Crippen LogP contribution >= 0.6 is 27.5 Å². The van der Waals surface area contributed by atoms with Gasteiger partial charge in [0.1, 0.15) is 18.3 Å². The third-order valence-corrected chi connectivity index (χ3v) is 8.51. The van der Waals surface area contributed by atoms with E-state index in [1.54, 1.807) is 67.6 Å². The van der Waals surface area contributed by atoms with Crippen molar-refractivity contribution in [2.75, 3.05) is 24.5 Å². The molecule has 1 N–H and O–H groups in total. The fourth-order valence-electron chi connectivity index (χ4n) is 3.74. The first kappa shape index (κ1) is 29.5. The summed E-state index contributed by atoms with van der Waals surface area (Å²) in [7, 11) is -2.69. The van der Waals surface area contributed by atoms with Gasteiger partial charge in [-0.25, -0.2) is 8.42 Å². The van der Waals surface area contributed by atoms with E-state index in [1.807, 2.05) is 6.92 Å². The molecule has 0 aromatic heterocycles. The summed E-state index contributed by atoms with van der Waals surface area (Å²) in [5.41, 5.74) is 0.900. The number of rotatable bonds is 11. The summed E-state index contributed by atoms with van der Waals surface area (Å²) < 4.78 is 34.8. The van der Waals surface area contributed by atoms with Gasteiger partial charge in [-0.3, -0.25) is 13.9 Å². The first-order valence-electron chi connectivity index (χ1n) is 11.8. The van der Waals surface area contributed by atoms with Gasteiger partial charge >= 0.3 is 0 Å². The third kappa shape index (κ3) is 7.06. The van der Waals surface area contributed by atoms with Crippen LogP contribution in [0.2, 0.25) is 5.02 Å². The zero-order chi connectivity index (χ0) is 27.9. The van der Waals surface area contributed by atoms with Gasteiger partial charge in [-0.1, -0.05) is 45.7 Å². The Labute approximate surface area is 236 Å². The number of carbonyl (C=O) groups is 2. The molecule has 0 radical (unpaired) electrons. The van der Waals surface area contributed by atoms with Gasteiger partial charge < -0.3 is 15.0 Å². The van der Waals surface area contributed by atoms with Gasteiger partial charge in [0.15, 0.2) is 0 Å². The lowest BCUT2D eigenvalue weighted by Crippen LogP contribution is -2.50. The Morgan fingerprint density at radius 3 is 2.24 bits per heavy atom. The van der Waals surface area contributed by atoms with Crippen LogP contribution in [0.3, 0.4) is 0 Å². The van der Waals surface area contributed by atoms with Gasteiger partial charge in [0, 0.05) is 23.1 Å². The maximum atomic E-state index is 13.8. The number of nitrogens with zero attached hydrogens (tertiary/aromatic N) is 2. The largest absolute Gasteiger partial charge is 0.494 e. The van der Waals surface area contributed by atoms with E-state index < -0.39 is 34.4 Å². The Morgan fingerprint density at radius 1 is 1.03 bits per heavy atom. The highest BCUT2D eigenvalue weighted by atomic mass is 79.9. The van der Waals surface area contributed by atoms with E-state index in [4.69, 9.17) is 16.3 Å². The summed E-state index contributed by atoms with van der Waals surface area (Å²) in [5, 5.41) is 2.98. The molecule has 1 atom stereocenters. The van der Waals surface area contributed by atoms with Crippen molar-refractivity contribution in [2.24, 2.45) is 0 Å². The van der Waals surface area contributed by atoms with E-state index in [0.29, 0.717) is 27.4 Å². The average molecular weight is 623 g/mol. The first-order valence-corrected chi connectivity index (χ1v) is 14.4. The Kier molecular flexibility index (Phi) is 10.2. The van der Waals surface area contributed by atoms with Crippen LogP contribution in [0.25, 0.3) is 0 Å². The maximum absolute atomic E-state index is 13.8. The SMILES string of the molecule is CCOc1ccc(N(CC(=O)N(Cc2ccccc2Cl)C(C)C(=O)NC)S(=O)(=O)c2ccc(Br)cc2)cc1. The van der Waals surface area contributed by atoms with Crippen LogP contribution in [0.4, 0.5) is 5.69 Å². The van der Waals surface area contributed by atoms with Gasteiger partial charge in [0.05, 0.1) is 17.2 Å². The number of hydrogen-bond donors (Lipinski definition) is 1. The summed E-state index contributed by atoms with van der Waals surface area (Å²) in [4.78, 5) is 27.7. The number of hydrogen-bond acceptors (Lipinski definition) is 5. The zero-order valence-corrected chi connectivity index (χ0v) is 24.4. The zero-order valence-electron chi connectivity index (χ0n) is 21.2. The normalized spacial score (nSPS) is 11.9. The molecule has 3 rings (SSSR count). The number of likely N-dealkylation sites (N-methyl/N-ethyl adjacent to an activating group) is 1. The van der Waals surface area contributed by atoms with Gasteiger partial charge in [0.2, 0.25) is 11.8 Å². The Hall–Kier alpha value is -3.08. The van der Waals surface area contributed by atoms with Crippen molar-refractivity contribution in [1.29, 1.82) is 0 Å². The topological polar surface area (TPSA) is 96.0 Å². The molecule has 2 amide bonds. The number of halogens is 2. The molecule has 38 heavy (non-hydrogen) atoms. The summed E-state index contributed by atoms with van der Waals surface area (Å²) >= 11 is 9.66. The van der Waals surface area contributed by atoms with E-state index in [1.165, 1.54) is 24.1 Å². The van der Waals surface area contributed by atoms with Crippen LogP contribution in [0.5, 0.6) is 5.75 Å². The first-order chi connectivity index (χ1) is 18.1. The molecule has 8 nitrogen and oxygen atoms in total. The fourth-order valence-corrected chi connectivity index (χ4v) is 5.61. The minimum absolute atomic E-state index is 0.0133. The van der Waals surface area contributed by atoms with E-state index >= 15 is 0 Å². The standard InChI is InChI=1S/C27H29BrClN3O5S/c1-4-37-23-13-11-22(12-14-23)32(38(35,36)24-15-9-21(28)10-16-24)18-26(33)31(19(2)27(34)30-3)17-20-7-5-6-8-25(20)29/h5-16,19H,4,17-18H2,1-3H3,(H,30,34). The lowest BCUT2D eigenvalue weighted by molar-refractivity contribution is -0.139. The van der Waals surface area contributed by atoms with Crippen LogP contribution in [-0.2, 0) is 26.2 Å². The highest BCUT2D eigenvalue weighted by molar-refractivity contribution is 9.10. The van der Waals surface area contributed by atoms with Crippen LogP contribution in [-0.4, -0.2) is 51.4 Å². The molecule has 0 heterocycles. The molecule has 3 aromatic rings. The highest BCUT2D eigenvalue weighted by Gasteiger charge is 2.32. The van der Waals surface area contributed by atoms with Gasteiger partial charge in [0.25, 0.3) is 10.0 Å². The lowest BCUT2D eigenvalue weighted by atomic mass is 10.1. The molecule has 11 heteroatoms. The number of anilines is 1. The van der Waals surface area contributed by atoms with E-state index in [2.05, 4.69) is 21.2 Å². The highest BCUT2D eigenvalue weighted by Crippen LogP contribution is 2.28. The fraction of sp³-hybridized carbons (Fsp3) is 0.259. The van der Waals surface area contributed by atoms with Gasteiger partial charge in [-0.05, 0) is 74.0 Å². The van der Waals surface area contributed by atoms with Crippen molar-refractivity contribution in [2.45, 2.75) is 31.3 Å². The Morgan fingerprint density at radius 2 is 1.66 bits per heavy atom. The van der Waals surface area contributed by atoms with Crippen molar-refractivity contribution in [3.63, 3.8) is 0 Å². The lowest BCUT2D eigenvalue weighted by Gasteiger charge is -2.32. The summed E-state index contributed by atoms with van der Waals surface area (Å²) in [6, 6.07) is 18.7. The quantitative estimate of drug-likeness (QED) is 0.330. The number of ether oxygens (including phenoxy) is 1. The molecular formula is C27H29BrClN3O5S. The molecule has 3 aromatic carbocycles. The molecule has 0 aliphatic heterocycles. The van der Waals surface area contributed by atoms with Crippen LogP contribution in [0.1, 0.15) is 19.4 Å². The summed E-state index contributed by atoms with van der Waals surface area (Å²) in [5.74, 6) is -0.401. The molecule has 0 saturated heterocycles. The number of carbonyl (C=O) groups excluding carboxylic acids is 2. The van der Waals surface area contributed by atoms with Crippen molar-refractivity contribution < 1.29 is 22.7 Å². The van der Waals surface area contributed by atoms with Crippen LogP contribution in [0.15, 0.2) is 82.2 Å². The van der Waals surface area contributed by atoms with Crippen molar-refractivity contribution in [3.8, 4) is 5.75 Å². The van der Waals surface area contributed by atoms with E-state index in [0.717, 1.165) is 4.31 Å². The molecule has 0 aliphatic carbocycles. The molecule has 0 bridgehead atoms. The Bertz CT molecular complexity index is 1370. The van der Waals surface area contributed by atoms with Gasteiger partial charge in [-0.15, -0.1) is 0 Å². The second-order valence-corrected chi connectivity index (χ2v) is 11.5. The summed E-state index contributed by atoms with van der Waals surface area (Å²) in [6.45, 7) is 3.35. The predicted octanol–water partition coefficient (Wildman–Crippen LogP) is 4.86. The molecule has 0 saturated carbocycles. The second-order valence-electron chi connectivity index (χ2n) is 8.30. The van der Waals surface area contributed by atoms with Crippen LogP contribution < -0.4 is 14.4 Å². The predicted molar refractivity (Wildman–Crippen MR) is 152 cm³/mol. The number of amides is 2. The molecular weight excluding hydrogens is 594 g/mol. The van der Waals surface area contributed by atoms with Gasteiger partial charge in [-0.2, -0.15) is 0 Å². The minimum Gasteiger partial charge on any atom is -0.494 e. The minimum atomic E-state index is -4.16. The molecule has 0 fully saturated rings. The number of sulfonamides is 1. The van der Waals surface area contributed by atoms with E-state index in [9.17, 15) is 18.0 Å². The second kappa shape index (κ2) is 13.1. The molecule has 1 unspecified atom stereocenters. The average Bonchev–Trinajstić information content (AvgIpc) is 2.91. The van der Waals surface area contributed by atoms with Crippen molar-refractivity contribution >= 4 is 55.1 Å².